The average molecular weight is 540 g/mol. The van der Waals surface area contributed by atoms with Crippen LogP contribution in [0.2, 0.25) is 0 Å². The SMILES string of the molecule is CC1(C(=O)NCCCCCCC2CC(Cc3c(-c4ccc(F)cc4)[nH]c4c(F)cc(F)cc34)C2)CCNC1=O. The Morgan fingerprint density at radius 1 is 1.00 bits per heavy atom. The standard InChI is InChI=1S/C31H36F3N3O2/c1-31(11-13-36-30(31)39)29(38)35-12-5-3-2-4-6-19-14-20(15-19)16-24-25-17-23(33)18-26(34)28(25)37-27(24)21-7-9-22(32)10-8-21/h7-10,17-20,37H,2-6,11-16H2,1H3,(H,35,38)(H,36,39). The highest BCUT2D eigenvalue weighted by atomic mass is 19.1. The molecule has 1 saturated heterocycles. The normalized spacial score (nSPS) is 22.6. The van der Waals surface area contributed by atoms with Gasteiger partial charge in [0.2, 0.25) is 11.8 Å². The molecule has 39 heavy (non-hydrogen) atoms. The van der Waals surface area contributed by atoms with Crippen LogP contribution < -0.4 is 10.6 Å². The van der Waals surface area contributed by atoms with Crippen LogP contribution in [-0.2, 0) is 16.0 Å². The first kappa shape index (κ1) is 27.3. The van der Waals surface area contributed by atoms with Gasteiger partial charge in [0.15, 0.2) is 0 Å². The van der Waals surface area contributed by atoms with Crippen LogP contribution >= 0.6 is 0 Å². The summed E-state index contributed by atoms with van der Waals surface area (Å²) in [5.41, 5.74) is 1.74. The Kier molecular flexibility index (Phi) is 8.01. The maximum atomic E-state index is 14.5. The molecule has 2 aromatic carbocycles. The molecular weight excluding hydrogens is 503 g/mol. The van der Waals surface area contributed by atoms with E-state index in [1.807, 2.05) is 0 Å². The van der Waals surface area contributed by atoms with Crippen molar-refractivity contribution < 1.29 is 22.8 Å². The number of rotatable bonds is 11. The molecule has 3 N–H and O–H groups in total. The van der Waals surface area contributed by atoms with E-state index < -0.39 is 17.0 Å². The van der Waals surface area contributed by atoms with E-state index in [-0.39, 0.29) is 17.6 Å². The minimum Gasteiger partial charge on any atom is -0.355 e. The highest BCUT2D eigenvalue weighted by Gasteiger charge is 2.44. The maximum absolute atomic E-state index is 14.5. The molecule has 1 aromatic heterocycles. The third kappa shape index (κ3) is 5.85. The van der Waals surface area contributed by atoms with Crippen molar-refractivity contribution in [3.05, 3.63) is 59.4 Å². The second-order valence-corrected chi connectivity index (χ2v) is 11.5. The largest absolute Gasteiger partial charge is 0.355 e. The van der Waals surface area contributed by atoms with Crippen LogP contribution in [0.15, 0.2) is 36.4 Å². The third-order valence-electron chi connectivity index (χ3n) is 8.63. The lowest BCUT2D eigenvalue weighted by Gasteiger charge is -2.36. The van der Waals surface area contributed by atoms with Crippen LogP contribution in [0.4, 0.5) is 13.2 Å². The van der Waals surface area contributed by atoms with E-state index in [0.717, 1.165) is 74.3 Å². The minimum atomic E-state index is -0.935. The molecule has 1 saturated carbocycles. The first-order valence-electron chi connectivity index (χ1n) is 14.1. The first-order chi connectivity index (χ1) is 18.7. The van der Waals surface area contributed by atoms with Crippen molar-refractivity contribution in [2.45, 2.75) is 64.7 Å². The van der Waals surface area contributed by atoms with Crippen molar-refractivity contribution in [2.24, 2.45) is 17.3 Å². The molecule has 1 unspecified atom stereocenters. The lowest BCUT2D eigenvalue weighted by molar-refractivity contribution is -0.139. The van der Waals surface area contributed by atoms with Crippen LogP contribution in [-0.4, -0.2) is 29.9 Å². The lowest BCUT2D eigenvalue weighted by atomic mass is 9.70. The van der Waals surface area contributed by atoms with Crippen LogP contribution in [0.3, 0.4) is 0 Å². The molecule has 1 aliphatic carbocycles. The molecule has 0 radical (unpaired) electrons. The van der Waals surface area contributed by atoms with Gasteiger partial charge in [0.25, 0.3) is 0 Å². The van der Waals surface area contributed by atoms with Crippen molar-refractivity contribution in [3.63, 3.8) is 0 Å². The number of benzene rings is 2. The lowest BCUT2D eigenvalue weighted by Crippen LogP contribution is -2.44. The molecule has 0 spiro atoms. The van der Waals surface area contributed by atoms with E-state index in [1.54, 1.807) is 19.1 Å². The topological polar surface area (TPSA) is 74.0 Å². The molecule has 208 valence electrons. The van der Waals surface area contributed by atoms with E-state index in [9.17, 15) is 22.8 Å². The highest BCUT2D eigenvalue weighted by Crippen LogP contribution is 2.42. The van der Waals surface area contributed by atoms with Gasteiger partial charge in [-0.15, -0.1) is 0 Å². The summed E-state index contributed by atoms with van der Waals surface area (Å²) in [4.78, 5) is 27.4. The van der Waals surface area contributed by atoms with E-state index in [4.69, 9.17) is 0 Å². The fourth-order valence-corrected chi connectivity index (χ4v) is 6.17. The number of aromatic nitrogens is 1. The van der Waals surface area contributed by atoms with Gasteiger partial charge in [-0.25, -0.2) is 13.2 Å². The van der Waals surface area contributed by atoms with E-state index in [2.05, 4.69) is 15.6 Å². The minimum absolute atomic E-state index is 0.179. The summed E-state index contributed by atoms with van der Waals surface area (Å²) >= 11 is 0. The summed E-state index contributed by atoms with van der Waals surface area (Å²) in [5.74, 6) is -0.824. The summed E-state index contributed by atoms with van der Waals surface area (Å²) in [6.07, 6.45) is 8.77. The van der Waals surface area contributed by atoms with Gasteiger partial charge < -0.3 is 15.6 Å². The molecule has 2 fully saturated rings. The predicted octanol–water partition coefficient (Wildman–Crippen LogP) is 6.41. The Bertz CT molecular complexity index is 1350. The van der Waals surface area contributed by atoms with Crippen molar-refractivity contribution in [1.82, 2.24) is 15.6 Å². The Labute approximate surface area is 226 Å². The average Bonchev–Trinajstić information content (AvgIpc) is 3.42. The summed E-state index contributed by atoms with van der Waals surface area (Å²) in [7, 11) is 0. The van der Waals surface area contributed by atoms with Gasteiger partial charge in [0.05, 0.1) is 5.52 Å². The van der Waals surface area contributed by atoms with E-state index in [1.165, 1.54) is 18.2 Å². The van der Waals surface area contributed by atoms with Gasteiger partial charge in [0, 0.05) is 30.2 Å². The number of aromatic amines is 1. The van der Waals surface area contributed by atoms with E-state index >= 15 is 0 Å². The summed E-state index contributed by atoms with van der Waals surface area (Å²) in [5, 5.41) is 6.20. The molecule has 2 aliphatic rings. The van der Waals surface area contributed by atoms with Gasteiger partial charge in [0.1, 0.15) is 22.9 Å². The third-order valence-corrected chi connectivity index (χ3v) is 8.63. The highest BCUT2D eigenvalue weighted by molar-refractivity contribution is 6.05. The molecule has 1 atom stereocenters. The molecule has 2 heterocycles. The zero-order valence-corrected chi connectivity index (χ0v) is 22.3. The predicted molar refractivity (Wildman–Crippen MR) is 145 cm³/mol. The molecule has 1 aliphatic heterocycles. The number of hydrogen-bond donors (Lipinski definition) is 3. The number of H-pyrrole nitrogens is 1. The zero-order valence-electron chi connectivity index (χ0n) is 22.3. The van der Waals surface area contributed by atoms with Gasteiger partial charge in [-0.3, -0.25) is 9.59 Å². The number of nitrogens with one attached hydrogen (secondary N) is 3. The van der Waals surface area contributed by atoms with Crippen molar-refractivity contribution in [3.8, 4) is 11.3 Å². The van der Waals surface area contributed by atoms with Crippen LogP contribution in [0.5, 0.6) is 0 Å². The molecule has 0 bridgehead atoms. The number of halogens is 3. The summed E-state index contributed by atoms with van der Waals surface area (Å²) in [6.45, 7) is 2.85. The van der Waals surface area contributed by atoms with Crippen molar-refractivity contribution in [2.75, 3.05) is 13.1 Å². The summed E-state index contributed by atoms with van der Waals surface area (Å²) < 4.78 is 42.1. The van der Waals surface area contributed by atoms with Gasteiger partial charge in [-0.1, -0.05) is 25.7 Å². The first-order valence-corrected chi connectivity index (χ1v) is 14.1. The monoisotopic (exact) mass is 539 g/mol. The Morgan fingerprint density at radius 3 is 2.46 bits per heavy atom. The molecule has 2 amide bonds. The van der Waals surface area contributed by atoms with Crippen LogP contribution in [0, 0.1) is 34.7 Å². The van der Waals surface area contributed by atoms with Crippen molar-refractivity contribution >= 4 is 22.7 Å². The fraction of sp³-hybridized carbons (Fsp3) is 0.484. The van der Waals surface area contributed by atoms with Gasteiger partial charge >= 0.3 is 0 Å². The smallest absolute Gasteiger partial charge is 0.235 e. The second kappa shape index (κ2) is 11.4. The Morgan fingerprint density at radius 2 is 1.74 bits per heavy atom. The number of carbonyl (C=O) groups is 2. The number of fused-ring (bicyclic) bond motifs is 1. The van der Waals surface area contributed by atoms with Crippen LogP contribution in [0.25, 0.3) is 22.2 Å². The maximum Gasteiger partial charge on any atom is 0.235 e. The molecule has 5 rings (SSSR count). The van der Waals surface area contributed by atoms with Crippen molar-refractivity contribution in [1.29, 1.82) is 0 Å². The molecule has 8 heteroatoms. The summed E-state index contributed by atoms with van der Waals surface area (Å²) in [6, 6.07) is 8.36. The van der Waals surface area contributed by atoms with E-state index in [0.29, 0.717) is 42.2 Å². The zero-order chi connectivity index (χ0) is 27.6. The molecular formula is C31H36F3N3O2. The van der Waals surface area contributed by atoms with Gasteiger partial charge in [-0.05, 0) is 92.3 Å². The van der Waals surface area contributed by atoms with Crippen LogP contribution in [0.1, 0.15) is 63.9 Å². The molecule has 5 nitrogen and oxygen atoms in total. The molecule has 3 aromatic rings. The number of unbranched alkanes of at least 4 members (excludes halogenated alkanes) is 3. The quantitative estimate of drug-likeness (QED) is 0.195. The number of hydrogen-bond acceptors (Lipinski definition) is 2. The number of amides is 2. The van der Waals surface area contributed by atoms with Gasteiger partial charge in [-0.2, -0.15) is 0 Å². The second-order valence-electron chi connectivity index (χ2n) is 11.5. The fourth-order valence-electron chi connectivity index (χ4n) is 6.17. The number of carbonyl (C=O) groups excluding carboxylic acids is 2. The Hall–Kier alpha value is -3.29. The Balaban J connectivity index is 1.07.